The maximum Gasteiger partial charge on any atom is -0.0414 e. The predicted molar refractivity (Wildman–Crippen MR) is 177 cm³/mol. The maximum atomic E-state index is 4.11. The van der Waals surface area contributed by atoms with E-state index in [0.717, 1.165) is 12.3 Å². The SMILES string of the molecule is [CH2]CCCC(CCCCCCCCCCCCCC)CCCCCCCCCCCCCCCCCCC. The van der Waals surface area contributed by atoms with E-state index in [4.69, 9.17) is 0 Å². The van der Waals surface area contributed by atoms with Crippen LogP contribution < -0.4 is 0 Å². The van der Waals surface area contributed by atoms with E-state index in [0.29, 0.717) is 0 Å². The van der Waals surface area contributed by atoms with Crippen LogP contribution in [0.5, 0.6) is 0 Å². The van der Waals surface area contributed by atoms with E-state index >= 15 is 0 Å². The fraction of sp³-hybridized carbons (Fsp3) is 0.974. The average Bonchev–Trinajstić information content (AvgIpc) is 2.93. The van der Waals surface area contributed by atoms with Crippen molar-refractivity contribution in [1.82, 2.24) is 0 Å². The third-order valence-electron chi connectivity index (χ3n) is 9.04. The summed E-state index contributed by atoms with van der Waals surface area (Å²) >= 11 is 0. The van der Waals surface area contributed by atoms with Crippen LogP contribution in [0, 0.1) is 12.8 Å². The second kappa shape index (κ2) is 35.0. The van der Waals surface area contributed by atoms with E-state index in [1.807, 2.05) is 0 Å². The molecule has 0 aliphatic rings. The van der Waals surface area contributed by atoms with Gasteiger partial charge >= 0.3 is 0 Å². The van der Waals surface area contributed by atoms with Crippen LogP contribution in [0.25, 0.3) is 0 Å². The van der Waals surface area contributed by atoms with Crippen LogP contribution in [0.1, 0.15) is 232 Å². The normalized spacial score (nSPS) is 12.4. The van der Waals surface area contributed by atoms with Gasteiger partial charge in [0.2, 0.25) is 0 Å². The summed E-state index contributed by atoms with van der Waals surface area (Å²) in [5, 5.41) is 0. The Kier molecular flexibility index (Phi) is 35.0. The van der Waals surface area contributed by atoms with Crippen molar-refractivity contribution in [2.45, 2.75) is 232 Å². The van der Waals surface area contributed by atoms with Crippen molar-refractivity contribution < 1.29 is 0 Å². The van der Waals surface area contributed by atoms with Gasteiger partial charge in [-0.15, -0.1) is 0 Å². The Morgan fingerprint density at radius 2 is 0.500 bits per heavy atom. The summed E-state index contributed by atoms with van der Waals surface area (Å²) < 4.78 is 0. The quantitative estimate of drug-likeness (QED) is 0.0721. The summed E-state index contributed by atoms with van der Waals surface area (Å²) in [4.78, 5) is 0. The zero-order valence-corrected chi connectivity index (χ0v) is 27.3. The Morgan fingerprint density at radius 1 is 0.289 bits per heavy atom. The molecular formula is C38H77. The van der Waals surface area contributed by atoms with E-state index in [1.54, 1.807) is 0 Å². The van der Waals surface area contributed by atoms with Crippen LogP contribution in [0.3, 0.4) is 0 Å². The van der Waals surface area contributed by atoms with Gasteiger partial charge in [0.25, 0.3) is 0 Å². The summed E-state index contributed by atoms with van der Waals surface area (Å²) in [6.45, 7) is 8.73. The average molecular weight is 534 g/mol. The van der Waals surface area contributed by atoms with Crippen molar-refractivity contribution in [3.63, 3.8) is 0 Å². The molecule has 0 aliphatic heterocycles. The zero-order chi connectivity index (χ0) is 27.6. The molecule has 1 radical (unpaired) electrons. The van der Waals surface area contributed by atoms with Crippen molar-refractivity contribution in [2.75, 3.05) is 0 Å². The summed E-state index contributed by atoms with van der Waals surface area (Å²) in [5.74, 6) is 0.996. The molecule has 0 amide bonds. The molecule has 0 nitrogen and oxygen atoms in total. The van der Waals surface area contributed by atoms with E-state index < -0.39 is 0 Å². The van der Waals surface area contributed by atoms with Gasteiger partial charge in [0, 0.05) is 0 Å². The van der Waals surface area contributed by atoms with Gasteiger partial charge in [-0.2, -0.15) is 0 Å². The van der Waals surface area contributed by atoms with Crippen molar-refractivity contribution in [3.8, 4) is 0 Å². The third-order valence-corrected chi connectivity index (χ3v) is 9.04. The Morgan fingerprint density at radius 3 is 0.737 bits per heavy atom. The first-order valence-electron chi connectivity index (χ1n) is 18.6. The van der Waals surface area contributed by atoms with Gasteiger partial charge in [0.05, 0.1) is 0 Å². The monoisotopic (exact) mass is 534 g/mol. The van der Waals surface area contributed by atoms with Gasteiger partial charge in [-0.3, -0.25) is 0 Å². The van der Waals surface area contributed by atoms with Crippen LogP contribution in [-0.4, -0.2) is 0 Å². The molecule has 229 valence electrons. The number of hydrogen-bond acceptors (Lipinski definition) is 0. The molecule has 0 saturated heterocycles. The lowest BCUT2D eigenvalue weighted by Crippen LogP contribution is -2.01. The molecule has 0 aromatic rings. The fourth-order valence-electron chi connectivity index (χ4n) is 6.30. The molecule has 0 bridgehead atoms. The molecule has 38 heavy (non-hydrogen) atoms. The zero-order valence-electron chi connectivity index (χ0n) is 27.3. The first kappa shape index (κ1) is 38.0. The minimum Gasteiger partial charge on any atom is -0.0654 e. The molecule has 0 heterocycles. The minimum absolute atomic E-state index is 0.996. The largest absolute Gasteiger partial charge is 0.0654 e. The lowest BCUT2D eigenvalue weighted by Gasteiger charge is -2.16. The van der Waals surface area contributed by atoms with Gasteiger partial charge in [-0.25, -0.2) is 0 Å². The smallest absolute Gasteiger partial charge is 0.0414 e. The molecule has 0 aromatic heterocycles. The molecule has 0 heteroatoms. The summed E-state index contributed by atoms with van der Waals surface area (Å²) in [6, 6.07) is 0. The Bertz CT molecular complexity index is 385. The molecule has 1 unspecified atom stereocenters. The van der Waals surface area contributed by atoms with Gasteiger partial charge < -0.3 is 0 Å². The third kappa shape index (κ3) is 32.2. The Labute approximate surface area is 244 Å². The lowest BCUT2D eigenvalue weighted by atomic mass is 9.90. The molecule has 0 N–H and O–H groups in total. The highest BCUT2D eigenvalue weighted by Crippen LogP contribution is 2.24. The van der Waals surface area contributed by atoms with Crippen molar-refractivity contribution in [2.24, 2.45) is 5.92 Å². The minimum atomic E-state index is 0.996. The second-order valence-electron chi connectivity index (χ2n) is 13.0. The van der Waals surface area contributed by atoms with Crippen LogP contribution in [0.4, 0.5) is 0 Å². The van der Waals surface area contributed by atoms with E-state index in [1.165, 1.54) is 212 Å². The van der Waals surface area contributed by atoms with Crippen LogP contribution in [0.15, 0.2) is 0 Å². The van der Waals surface area contributed by atoms with E-state index in [2.05, 4.69) is 20.8 Å². The highest BCUT2D eigenvalue weighted by Gasteiger charge is 2.08. The highest BCUT2D eigenvalue weighted by molar-refractivity contribution is 4.62. The van der Waals surface area contributed by atoms with E-state index in [-0.39, 0.29) is 0 Å². The van der Waals surface area contributed by atoms with Crippen LogP contribution >= 0.6 is 0 Å². The molecule has 0 saturated carbocycles. The Balaban J connectivity index is 3.44. The fourth-order valence-corrected chi connectivity index (χ4v) is 6.30. The van der Waals surface area contributed by atoms with Gasteiger partial charge in [-0.1, -0.05) is 239 Å². The Hall–Kier alpha value is 0. The molecule has 0 rings (SSSR count). The highest BCUT2D eigenvalue weighted by atomic mass is 14.1. The maximum absolute atomic E-state index is 4.11. The molecule has 0 fully saturated rings. The standard InChI is InChI=1S/C38H77/c1-4-7-10-12-14-16-18-20-21-22-23-24-26-28-30-32-34-37-38(35-9-6-3)36-33-31-29-27-25-19-17-15-13-11-8-5-2/h38H,3-37H2,1-2H3. The van der Waals surface area contributed by atoms with Crippen LogP contribution in [-0.2, 0) is 0 Å². The molecular weight excluding hydrogens is 456 g/mol. The van der Waals surface area contributed by atoms with Crippen LogP contribution in [0.2, 0.25) is 0 Å². The molecule has 0 spiro atoms. The van der Waals surface area contributed by atoms with Gasteiger partial charge in [0.15, 0.2) is 0 Å². The second-order valence-corrected chi connectivity index (χ2v) is 13.0. The molecule has 0 aromatic carbocycles. The molecule has 1 atom stereocenters. The van der Waals surface area contributed by atoms with Gasteiger partial charge in [-0.05, 0) is 5.92 Å². The first-order valence-corrected chi connectivity index (χ1v) is 18.6. The number of hydrogen-bond donors (Lipinski definition) is 0. The predicted octanol–water partition coefficient (Wildman–Crippen LogP) is 14.7. The lowest BCUT2D eigenvalue weighted by molar-refractivity contribution is 0.372. The number of rotatable bonds is 34. The summed E-state index contributed by atoms with van der Waals surface area (Å²) in [5.41, 5.74) is 0. The summed E-state index contributed by atoms with van der Waals surface area (Å²) in [6.07, 6.45) is 49.6. The number of unbranched alkanes of at least 4 members (excludes halogenated alkanes) is 28. The molecule has 0 aliphatic carbocycles. The van der Waals surface area contributed by atoms with Crippen molar-refractivity contribution >= 4 is 0 Å². The summed E-state index contributed by atoms with van der Waals surface area (Å²) in [7, 11) is 0. The first-order chi connectivity index (χ1) is 18.8. The van der Waals surface area contributed by atoms with Gasteiger partial charge in [0.1, 0.15) is 0 Å². The van der Waals surface area contributed by atoms with Crippen molar-refractivity contribution in [3.05, 3.63) is 6.92 Å². The topological polar surface area (TPSA) is 0 Å². The van der Waals surface area contributed by atoms with E-state index in [9.17, 15) is 0 Å². The van der Waals surface area contributed by atoms with Crippen molar-refractivity contribution in [1.29, 1.82) is 0 Å².